The molecule has 112 valence electrons. The van der Waals surface area contributed by atoms with E-state index in [2.05, 4.69) is 22.4 Å². The summed E-state index contributed by atoms with van der Waals surface area (Å²) in [5, 5.41) is 12.9. The molecule has 0 unspecified atom stereocenters. The van der Waals surface area contributed by atoms with E-state index in [0.717, 1.165) is 18.7 Å². The van der Waals surface area contributed by atoms with Gasteiger partial charge in [-0.05, 0) is 49.0 Å². The lowest BCUT2D eigenvalue weighted by atomic mass is 10.1. The first-order valence-electron chi connectivity index (χ1n) is 7.49. The van der Waals surface area contributed by atoms with Gasteiger partial charge in [0.2, 0.25) is 0 Å². The van der Waals surface area contributed by atoms with Gasteiger partial charge in [-0.2, -0.15) is 0 Å². The maximum atomic E-state index is 10.1. The zero-order chi connectivity index (χ0) is 14.7. The van der Waals surface area contributed by atoms with Crippen molar-refractivity contribution < 1.29 is 5.11 Å². The molecule has 0 bridgehead atoms. The molecule has 21 heavy (non-hydrogen) atoms. The summed E-state index contributed by atoms with van der Waals surface area (Å²) in [7, 11) is 0. The van der Waals surface area contributed by atoms with Gasteiger partial charge in [-0.15, -0.1) is 11.3 Å². The maximum absolute atomic E-state index is 10.1. The molecule has 0 amide bonds. The summed E-state index contributed by atoms with van der Waals surface area (Å²) in [6.45, 7) is 1.84. The number of nitrogens with zero attached hydrogens (tertiary/aromatic N) is 1. The lowest BCUT2D eigenvalue weighted by Crippen LogP contribution is -2.27. The molecular weight excluding hydrogens is 302 g/mol. The van der Waals surface area contributed by atoms with Crippen molar-refractivity contribution in [3.8, 4) is 5.75 Å². The highest BCUT2D eigenvalue weighted by Gasteiger charge is 2.24. The predicted octanol–water partition coefficient (Wildman–Crippen LogP) is 5.22. The van der Waals surface area contributed by atoms with E-state index in [1.165, 1.54) is 30.6 Å². The fourth-order valence-corrected chi connectivity index (χ4v) is 4.15. The van der Waals surface area contributed by atoms with Gasteiger partial charge >= 0.3 is 0 Å². The molecule has 4 heteroatoms. The molecule has 1 atom stereocenters. The highest BCUT2D eigenvalue weighted by molar-refractivity contribution is 7.10. The van der Waals surface area contributed by atoms with E-state index in [-0.39, 0.29) is 0 Å². The van der Waals surface area contributed by atoms with Crippen molar-refractivity contribution in [3.63, 3.8) is 0 Å². The first kappa shape index (κ1) is 14.9. The minimum absolute atomic E-state index is 0.341. The maximum Gasteiger partial charge on any atom is 0.120 e. The number of hydrogen-bond acceptors (Lipinski definition) is 3. The molecule has 1 fully saturated rings. The Labute approximate surface area is 135 Å². The van der Waals surface area contributed by atoms with Gasteiger partial charge in [0.1, 0.15) is 5.75 Å². The smallest absolute Gasteiger partial charge is 0.120 e. The Bertz CT molecular complexity index is 584. The third kappa shape index (κ3) is 3.60. The van der Waals surface area contributed by atoms with E-state index in [1.54, 1.807) is 12.1 Å². The van der Waals surface area contributed by atoms with Gasteiger partial charge in [0.15, 0.2) is 0 Å². The second-order valence-corrected chi connectivity index (χ2v) is 7.04. The zero-order valence-electron chi connectivity index (χ0n) is 12.0. The van der Waals surface area contributed by atoms with Gasteiger partial charge in [-0.3, -0.25) is 4.90 Å². The molecule has 1 saturated heterocycles. The second-order valence-electron chi connectivity index (χ2n) is 5.62. The Morgan fingerprint density at radius 3 is 2.95 bits per heavy atom. The Hall–Kier alpha value is -1.03. The van der Waals surface area contributed by atoms with Crippen LogP contribution in [-0.2, 0) is 6.54 Å². The topological polar surface area (TPSA) is 23.5 Å². The number of phenolic OH excluding ortho intramolecular Hbond substituents is 1. The number of aromatic hydroxyl groups is 1. The van der Waals surface area contributed by atoms with Crippen molar-refractivity contribution in [1.82, 2.24) is 4.90 Å². The van der Waals surface area contributed by atoms with Crippen molar-refractivity contribution in [2.45, 2.75) is 38.3 Å². The first-order valence-corrected chi connectivity index (χ1v) is 8.74. The van der Waals surface area contributed by atoms with Crippen LogP contribution in [0.5, 0.6) is 5.75 Å². The molecule has 1 aromatic heterocycles. The van der Waals surface area contributed by atoms with E-state index in [9.17, 15) is 5.11 Å². The number of likely N-dealkylation sites (tertiary alicyclic amines) is 1. The molecule has 1 aliphatic rings. The highest BCUT2D eigenvalue weighted by Crippen LogP contribution is 2.35. The van der Waals surface area contributed by atoms with Crippen LogP contribution in [0.3, 0.4) is 0 Å². The van der Waals surface area contributed by atoms with Crippen LogP contribution in [0.4, 0.5) is 0 Å². The average molecular weight is 322 g/mol. The summed E-state index contributed by atoms with van der Waals surface area (Å²) < 4.78 is 0. The summed E-state index contributed by atoms with van der Waals surface area (Å²) in [5.74, 6) is 0.341. The molecule has 1 aliphatic heterocycles. The summed E-state index contributed by atoms with van der Waals surface area (Å²) in [4.78, 5) is 3.92. The lowest BCUT2D eigenvalue weighted by molar-refractivity contribution is 0.193. The van der Waals surface area contributed by atoms with Gasteiger partial charge in [0.25, 0.3) is 0 Å². The predicted molar refractivity (Wildman–Crippen MR) is 89.1 cm³/mol. The summed E-state index contributed by atoms with van der Waals surface area (Å²) in [6, 6.07) is 10.1. The molecule has 1 N–H and O–H groups in total. The van der Waals surface area contributed by atoms with Crippen LogP contribution >= 0.6 is 22.9 Å². The summed E-state index contributed by atoms with van der Waals surface area (Å²) >= 11 is 7.91. The van der Waals surface area contributed by atoms with Crippen LogP contribution in [0.1, 0.15) is 42.2 Å². The van der Waals surface area contributed by atoms with Crippen LogP contribution < -0.4 is 0 Å². The molecule has 0 aliphatic carbocycles. The normalized spacial score (nSPS) is 20.3. The number of benzene rings is 1. The van der Waals surface area contributed by atoms with Crippen molar-refractivity contribution in [2.75, 3.05) is 6.54 Å². The molecule has 0 radical (unpaired) electrons. The quantitative estimate of drug-likeness (QED) is 0.837. The molecule has 0 saturated carbocycles. The summed E-state index contributed by atoms with van der Waals surface area (Å²) in [6.07, 6.45) is 4.99. The lowest BCUT2D eigenvalue weighted by Gasteiger charge is -2.29. The fourth-order valence-electron chi connectivity index (χ4n) is 3.06. The zero-order valence-corrected chi connectivity index (χ0v) is 13.5. The minimum atomic E-state index is 0.341. The monoisotopic (exact) mass is 321 g/mol. The highest BCUT2D eigenvalue weighted by atomic mass is 35.5. The van der Waals surface area contributed by atoms with E-state index in [1.807, 2.05) is 17.4 Å². The number of thiophene rings is 1. The van der Waals surface area contributed by atoms with Crippen molar-refractivity contribution in [3.05, 3.63) is 51.2 Å². The molecule has 2 heterocycles. The molecule has 0 spiro atoms. The Balaban J connectivity index is 1.84. The molecule has 1 aromatic carbocycles. The minimum Gasteiger partial charge on any atom is -0.508 e. The van der Waals surface area contributed by atoms with E-state index < -0.39 is 0 Å². The largest absolute Gasteiger partial charge is 0.508 e. The van der Waals surface area contributed by atoms with Crippen LogP contribution in [-0.4, -0.2) is 16.6 Å². The van der Waals surface area contributed by atoms with Crippen molar-refractivity contribution in [1.29, 1.82) is 0 Å². The van der Waals surface area contributed by atoms with Gasteiger partial charge in [0, 0.05) is 28.0 Å². The first-order chi connectivity index (χ1) is 10.2. The SMILES string of the molecule is Oc1ccc(Cl)cc1CN1CCCCC[C@H]1c1cccs1. The summed E-state index contributed by atoms with van der Waals surface area (Å²) in [5.41, 5.74) is 0.922. The molecular formula is C17H20ClNOS. The van der Waals surface area contributed by atoms with E-state index in [0.29, 0.717) is 16.8 Å². The Morgan fingerprint density at radius 2 is 2.14 bits per heavy atom. The van der Waals surface area contributed by atoms with Gasteiger partial charge in [-0.25, -0.2) is 0 Å². The second kappa shape index (κ2) is 6.82. The van der Waals surface area contributed by atoms with Gasteiger partial charge < -0.3 is 5.11 Å². The average Bonchev–Trinajstić information content (AvgIpc) is 2.90. The number of hydrogen-bond donors (Lipinski definition) is 1. The van der Waals surface area contributed by atoms with Crippen molar-refractivity contribution >= 4 is 22.9 Å². The number of phenols is 1. The van der Waals surface area contributed by atoms with Crippen molar-refractivity contribution in [2.24, 2.45) is 0 Å². The van der Waals surface area contributed by atoms with Crippen LogP contribution in [0, 0.1) is 0 Å². The fraction of sp³-hybridized carbons (Fsp3) is 0.412. The van der Waals surface area contributed by atoms with Crippen LogP contribution in [0.25, 0.3) is 0 Å². The standard InChI is InChI=1S/C17H20ClNOS/c18-14-7-8-16(20)13(11-14)12-19-9-3-1-2-5-15(19)17-6-4-10-21-17/h4,6-8,10-11,15,20H,1-3,5,9,12H2/t15-/m0/s1. The third-order valence-electron chi connectivity index (χ3n) is 4.15. The molecule has 3 rings (SSSR count). The molecule has 2 aromatic rings. The third-order valence-corrected chi connectivity index (χ3v) is 5.36. The Morgan fingerprint density at radius 1 is 1.24 bits per heavy atom. The van der Waals surface area contributed by atoms with E-state index in [4.69, 9.17) is 11.6 Å². The number of rotatable bonds is 3. The van der Waals surface area contributed by atoms with Crippen LogP contribution in [0.15, 0.2) is 35.7 Å². The van der Waals surface area contributed by atoms with Crippen LogP contribution in [0.2, 0.25) is 5.02 Å². The number of halogens is 1. The van der Waals surface area contributed by atoms with Gasteiger partial charge in [0.05, 0.1) is 0 Å². The van der Waals surface area contributed by atoms with E-state index >= 15 is 0 Å². The Kier molecular flexibility index (Phi) is 4.84. The van der Waals surface area contributed by atoms with Gasteiger partial charge in [-0.1, -0.05) is 30.5 Å². The molecule has 2 nitrogen and oxygen atoms in total.